The third-order valence-electron chi connectivity index (χ3n) is 4.78. The molecule has 1 aliphatic carbocycles. The Morgan fingerprint density at radius 3 is 2.71 bits per heavy atom. The summed E-state index contributed by atoms with van der Waals surface area (Å²) in [5, 5.41) is 3.74. The minimum absolute atomic E-state index is 0.271. The molecule has 0 amide bonds. The molecule has 0 spiro atoms. The Labute approximate surface area is 128 Å². The Morgan fingerprint density at radius 2 is 2.10 bits per heavy atom. The third-order valence-corrected chi connectivity index (χ3v) is 4.78. The Bertz CT molecular complexity index is 424. The van der Waals surface area contributed by atoms with Crippen LogP contribution in [0, 0.1) is 5.41 Å². The van der Waals surface area contributed by atoms with Crippen LogP contribution in [0.25, 0.3) is 0 Å². The first-order valence-corrected chi connectivity index (χ1v) is 8.42. The van der Waals surface area contributed by atoms with Gasteiger partial charge in [-0.3, -0.25) is 0 Å². The quantitative estimate of drug-likeness (QED) is 0.834. The summed E-state index contributed by atoms with van der Waals surface area (Å²) in [5.74, 6) is 0. The lowest BCUT2D eigenvalue weighted by molar-refractivity contribution is -0.00333. The van der Waals surface area contributed by atoms with Crippen LogP contribution in [-0.4, -0.2) is 38.9 Å². The smallest absolute Gasteiger partial charge is 0.0551 e. The molecule has 0 radical (unpaired) electrons. The Hall–Kier alpha value is -1.06. The van der Waals surface area contributed by atoms with Crippen molar-refractivity contribution in [2.45, 2.75) is 38.6 Å². The van der Waals surface area contributed by atoms with E-state index in [-0.39, 0.29) is 5.41 Å². The maximum Gasteiger partial charge on any atom is 0.0551 e. The highest BCUT2D eigenvalue weighted by Gasteiger charge is 2.36. The predicted molar refractivity (Wildman–Crippen MR) is 87.8 cm³/mol. The van der Waals surface area contributed by atoms with E-state index < -0.39 is 0 Å². The third kappa shape index (κ3) is 3.98. The molecule has 1 heterocycles. The second-order valence-electron chi connectivity index (χ2n) is 6.66. The van der Waals surface area contributed by atoms with Crippen LogP contribution in [0.15, 0.2) is 30.3 Å². The van der Waals surface area contributed by atoms with Crippen LogP contribution in [0.5, 0.6) is 0 Å². The number of nitrogens with zero attached hydrogens (tertiary/aromatic N) is 1. The molecule has 3 nitrogen and oxygen atoms in total. The molecule has 3 heteroatoms. The van der Waals surface area contributed by atoms with Gasteiger partial charge in [0.05, 0.1) is 6.61 Å². The highest BCUT2D eigenvalue weighted by molar-refractivity contribution is 5.46. The topological polar surface area (TPSA) is 24.5 Å². The predicted octanol–water partition coefficient (Wildman–Crippen LogP) is 3.06. The number of anilines is 1. The summed E-state index contributed by atoms with van der Waals surface area (Å²) >= 11 is 0. The number of hydrogen-bond donors (Lipinski definition) is 1. The number of hydrogen-bond acceptors (Lipinski definition) is 3. The Balaban J connectivity index is 1.69. The second kappa shape index (κ2) is 6.80. The van der Waals surface area contributed by atoms with E-state index >= 15 is 0 Å². The first-order valence-electron chi connectivity index (χ1n) is 8.42. The molecular weight excluding hydrogens is 260 g/mol. The molecular formula is C18H28N2O. The van der Waals surface area contributed by atoms with Gasteiger partial charge in [0.25, 0.3) is 0 Å². The van der Waals surface area contributed by atoms with E-state index in [1.54, 1.807) is 0 Å². The largest absolute Gasteiger partial charge is 0.381 e. The summed E-state index contributed by atoms with van der Waals surface area (Å²) in [6.07, 6.45) is 5.18. The fourth-order valence-corrected chi connectivity index (χ4v) is 3.31. The molecule has 1 aliphatic heterocycles. The van der Waals surface area contributed by atoms with E-state index in [0.29, 0.717) is 0 Å². The molecule has 3 rings (SSSR count). The highest BCUT2D eigenvalue weighted by Crippen LogP contribution is 2.32. The van der Waals surface area contributed by atoms with Crippen LogP contribution in [0.4, 0.5) is 5.69 Å². The fourth-order valence-electron chi connectivity index (χ4n) is 3.31. The van der Waals surface area contributed by atoms with Gasteiger partial charge in [0.15, 0.2) is 0 Å². The zero-order valence-electron chi connectivity index (χ0n) is 13.2. The molecule has 1 aromatic carbocycles. The minimum atomic E-state index is 0.271. The van der Waals surface area contributed by atoms with Crippen molar-refractivity contribution in [2.24, 2.45) is 5.41 Å². The van der Waals surface area contributed by atoms with Crippen molar-refractivity contribution in [3.63, 3.8) is 0 Å². The average molecular weight is 288 g/mol. The molecule has 2 fully saturated rings. The maximum atomic E-state index is 5.85. The van der Waals surface area contributed by atoms with Crippen molar-refractivity contribution in [2.75, 3.05) is 37.7 Å². The summed E-state index contributed by atoms with van der Waals surface area (Å²) in [5.41, 5.74) is 1.60. The first-order chi connectivity index (χ1) is 10.3. The van der Waals surface area contributed by atoms with E-state index in [2.05, 4.69) is 47.5 Å². The molecule has 2 aliphatic rings. The molecule has 1 N–H and O–H groups in total. The van der Waals surface area contributed by atoms with Crippen molar-refractivity contribution in [3.8, 4) is 0 Å². The lowest BCUT2D eigenvalue weighted by Gasteiger charge is -2.41. The van der Waals surface area contributed by atoms with Crippen molar-refractivity contribution in [1.82, 2.24) is 5.32 Å². The molecule has 1 unspecified atom stereocenters. The summed E-state index contributed by atoms with van der Waals surface area (Å²) in [6, 6.07) is 11.6. The molecule has 1 saturated heterocycles. The molecule has 1 atom stereocenters. The molecule has 1 saturated carbocycles. The minimum Gasteiger partial charge on any atom is -0.381 e. The average Bonchev–Trinajstić information content (AvgIpc) is 3.37. The highest BCUT2D eigenvalue weighted by atomic mass is 16.5. The van der Waals surface area contributed by atoms with Crippen molar-refractivity contribution in [3.05, 3.63) is 30.3 Å². The molecule has 0 bridgehead atoms. The van der Waals surface area contributed by atoms with Crippen LogP contribution in [-0.2, 0) is 4.74 Å². The van der Waals surface area contributed by atoms with Gasteiger partial charge in [-0.15, -0.1) is 0 Å². The molecule has 21 heavy (non-hydrogen) atoms. The number of nitrogens with one attached hydrogen (secondary N) is 1. The van der Waals surface area contributed by atoms with E-state index in [0.717, 1.165) is 38.9 Å². The van der Waals surface area contributed by atoms with Crippen molar-refractivity contribution >= 4 is 5.69 Å². The second-order valence-corrected chi connectivity index (χ2v) is 6.66. The van der Waals surface area contributed by atoms with Gasteiger partial charge in [0.2, 0.25) is 0 Å². The van der Waals surface area contributed by atoms with Gasteiger partial charge >= 0.3 is 0 Å². The summed E-state index contributed by atoms with van der Waals surface area (Å²) in [4.78, 5) is 2.50. The molecule has 116 valence electrons. The first kappa shape index (κ1) is 14.9. The van der Waals surface area contributed by atoms with E-state index in [9.17, 15) is 0 Å². The van der Waals surface area contributed by atoms with Gasteiger partial charge in [-0.25, -0.2) is 0 Å². The van der Waals surface area contributed by atoms with Crippen LogP contribution >= 0.6 is 0 Å². The van der Waals surface area contributed by atoms with Gasteiger partial charge in [-0.1, -0.05) is 18.2 Å². The lowest BCUT2D eigenvalue weighted by atomic mass is 9.81. The maximum absolute atomic E-state index is 5.85. The van der Waals surface area contributed by atoms with Gasteiger partial charge in [0.1, 0.15) is 0 Å². The summed E-state index contributed by atoms with van der Waals surface area (Å²) in [7, 11) is 0. The number of benzene rings is 1. The van der Waals surface area contributed by atoms with Crippen LogP contribution in [0.2, 0.25) is 0 Å². The van der Waals surface area contributed by atoms with Gasteiger partial charge in [-0.05, 0) is 44.7 Å². The van der Waals surface area contributed by atoms with Gasteiger partial charge < -0.3 is 15.0 Å². The van der Waals surface area contributed by atoms with Gasteiger partial charge in [0, 0.05) is 43.4 Å². The van der Waals surface area contributed by atoms with Crippen LogP contribution in [0.1, 0.15) is 32.6 Å². The van der Waals surface area contributed by atoms with E-state index in [1.165, 1.54) is 31.4 Å². The zero-order valence-corrected chi connectivity index (χ0v) is 13.2. The summed E-state index contributed by atoms with van der Waals surface area (Å²) < 4.78 is 5.85. The number of ether oxygens (including phenoxy) is 1. The molecule has 1 aromatic rings. The number of rotatable bonds is 7. The van der Waals surface area contributed by atoms with E-state index in [4.69, 9.17) is 4.74 Å². The van der Waals surface area contributed by atoms with Crippen LogP contribution < -0.4 is 10.2 Å². The molecule has 0 aromatic heterocycles. The Kier molecular flexibility index (Phi) is 4.81. The van der Waals surface area contributed by atoms with Crippen molar-refractivity contribution < 1.29 is 4.74 Å². The van der Waals surface area contributed by atoms with Gasteiger partial charge in [-0.2, -0.15) is 0 Å². The standard InChI is InChI=1S/C18H28N2O/c1-2-20(17-7-4-3-5-8-17)14-18(11-6-12-21-15-18)13-19-16-9-10-16/h3-5,7-8,16,19H,2,6,9-15H2,1H3. The zero-order chi connectivity index (χ0) is 14.5. The van der Waals surface area contributed by atoms with Crippen LogP contribution in [0.3, 0.4) is 0 Å². The number of para-hydroxylation sites is 1. The lowest BCUT2D eigenvalue weighted by Crippen LogP contribution is -2.49. The SMILES string of the molecule is CCN(CC1(CNC2CC2)CCCOC1)c1ccccc1. The monoisotopic (exact) mass is 288 g/mol. The fraction of sp³-hybridized carbons (Fsp3) is 0.667. The van der Waals surface area contributed by atoms with E-state index in [1.807, 2.05) is 0 Å². The Morgan fingerprint density at radius 1 is 1.29 bits per heavy atom. The normalized spacial score (nSPS) is 25.8. The summed E-state index contributed by atoms with van der Waals surface area (Å²) in [6.45, 7) is 7.32. The van der Waals surface area contributed by atoms with Crippen molar-refractivity contribution in [1.29, 1.82) is 0 Å².